The Kier molecular flexibility index (Phi) is 3.33. The minimum atomic E-state index is -0.770. The van der Waals surface area contributed by atoms with E-state index < -0.39 is 5.38 Å². The van der Waals surface area contributed by atoms with Crippen LogP contribution in [-0.4, -0.2) is 10.9 Å². The number of ketones is 1. The first-order valence-electron chi connectivity index (χ1n) is 3.65. The molecule has 0 radical (unpaired) electrons. The van der Waals surface area contributed by atoms with E-state index in [2.05, 4.69) is 15.9 Å². The fraction of sp³-hybridized carbons (Fsp3) is 0.222. The summed E-state index contributed by atoms with van der Waals surface area (Å²) in [6.45, 7) is 1.39. The van der Waals surface area contributed by atoms with Crippen molar-refractivity contribution in [3.63, 3.8) is 0 Å². The number of phenols is 1. The van der Waals surface area contributed by atoms with Crippen molar-refractivity contribution in [1.82, 2.24) is 0 Å². The number of carbonyl (C=O) groups excluding carboxylic acids is 1. The average Bonchev–Trinajstić information content (AvgIpc) is 2.03. The molecular weight excluding hydrogens is 255 g/mol. The van der Waals surface area contributed by atoms with Crippen molar-refractivity contribution in [1.29, 1.82) is 0 Å². The number of Topliss-reactive ketones (excluding diaryl/α,β-unsaturated/α-hetero) is 1. The van der Waals surface area contributed by atoms with Crippen molar-refractivity contribution < 1.29 is 9.90 Å². The number of hydrogen-bond donors (Lipinski definition) is 1. The van der Waals surface area contributed by atoms with E-state index in [-0.39, 0.29) is 11.5 Å². The third kappa shape index (κ3) is 2.45. The highest BCUT2D eigenvalue weighted by molar-refractivity contribution is 9.10. The largest absolute Gasteiger partial charge is 0.508 e. The number of alkyl halides is 1. The van der Waals surface area contributed by atoms with Crippen LogP contribution >= 0.6 is 27.5 Å². The highest BCUT2D eigenvalue weighted by Gasteiger charge is 2.16. The molecule has 0 aromatic heterocycles. The minimum absolute atomic E-state index is 0.0320. The summed E-state index contributed by atoms with van der Waals surface area (Å²) in [5, 5.41) is 8.67. The number of carbonyl (C=O) groups is 1. The van der Waals surface area contributed by atoms with Crippen molar-refractivity contribution in [3.05, 3.63) is 28.2 Å². The molecule has 1 N–H and O–H groups in total. The number of benzene rings is 1. The lowest BCUT2D eigenvalue weighted by Gasteiger charge is -2.08. The Bertz CT molecular complexity index is 338. The second-order valence-corrected chi connectivity index (χ2v) is 4.03. The summed E-state index contributed by atoms with van der Waals surface area (Å²) >= 11 is 8.97. The van der Waals surface area contributed by atoms with Gasteiger partial charge < -0.3 is 5.11 Å². The van der Waals surface area contributed by atoms with Gasteiger partial charge in [0, 0.05) is 10.0 Å². The maximum Gasteiger partial charge on any atom is 0.152 e. The van der Waals surface area contributed by atoms with Crippen LogP contribution in [0.25, 0.3) is 0 Å². The van der Waals surface area contributed by atoms with E-state index in [1.54, 1.807) is 12.1 Å². The van der Waals surface area contributed by atoms with Gasteiger partial charge in [0.25, 0.3) is 0 Å². The van der Waals surface area contributed by atoms with Crippen LogP contribution in [0.5, 0.6) is 5.75 Å². The molecule has 13 heavy (non-hydrogen) atoms. The van der Waals surface area contributed by atoms with Gasteiger partial charge in [0.2, 0.25) is 0 Å². The van der Waals surface area contributed by atoms with E-state index in [1.807, 2.05) is 0 Å². The maximum absolute atomic E-state index is 10.9. The van der Waals surface area contributed by atoms with E-state index in [1.165, 1.54) is 13.0 Å². The first kappa shape index (κ1) is 10.5. The fourth-order valence-electron chi connectivity index (χ4n) is 0.950. The quantitative estimate of drug-likeness (QED) is 0.833. The van der Waals surface area contributed by atoms with Gasteiger partial charge in [0.15, 0.2) is 5.78 Å². The molecule has 70 valence electrons. The Morgan fingerprint density at radius 3 is 2.69 bits per heavy atom. The summed E-state index contributed by atoms with van der Waals surface area (Å²) in [5.41, 5.74) is 0.442. The Hall–Kier alpha value is -0.540. The Morgan fingerprint density at radius 1 is 1.62 bits per heavy atom. The third-order valence-electron chi connectivity index (χ3n) is 1.62. The molecule has 1 rings (SSSR count). The number of halogens is 2. The highest BCUT2D eigenvalue weighted by Crippen LogP contribution is 2.31. The fourth-order valence-corrected chi connectivity index (χ4v) is 1.48. The molecule has 0 aliphatic carbocycles. The first-order chi connectivity index (χ1) is 6.02. The Labute approximate surface area is 89.7 Å². The van der Waals surface area contributed by atoms with Crippen molar-refractivity contribution in [3.8, 4) is 5.75 Å². The van der Waals surface area contributed by atoms with Crippen LogP contribution in [0.2, 0.25) is 0 Å². The van der Waals surface area contributed by atoms with E-state index in [4.69, 9.17) is 11.6 Å². The molecule has 1 atom stereocenters. The Morgan fingerprint density at radius 2 is 2.23 bits per heavy atom. The zero-order valence-electron chi connectivity index (χ0n) is 6.92. The van der Waals surface area contributed by atoms with Gasteiger partial charge in [-0.05, 0) is 19.1 Å². The molecule has 4 heteroatoms. The lowest BCUT2D eigenvalue weighted by molar-refractivity contribution is -0.116. The molecule has 2 nitrogen and oxygen atoms in total. The molecular formula is C9H8BrClO2. The van der Waals surface area contributed by atoms with Crippen LogP contribution < -0.4 is 0 Å². The maximum atomic E-state index is 10.9. The summed E-state index contributed by atoms with van der Waals surface area (Å²) in [7, 11) is 0. The highest BCUT2D eigenvalue weighted by atomic mass is 79.9. The van der Waals surface area contributed by atoms with Crippen LogP contribution in [0.1, 0.15) is 17.9 Å². The number of hydrogen-bond acceptors (Lipinski definition) is 2. The lowest BCUT2D eigenvalue weighted by Crippen LogP contribution is -2.01. The molecule has 0 saturated heterocycles. The molecule has 0 aliphatic heterocycles. The van der Waals surface area contributed by atoms with Crippen molar-refractivity contribution >= 4 is 33.3 Å². The predicted octanol–water partition coefficient (Wildman–Crippen LogP) is 3.02. The van der Waals surface area contributed by atoms with E-state index >= 15 is 0 Å². The van der Waals surface area contributed by atoms with Gasteiger partial charge >= 0.3 is 0 Å². The van der Waals surface area contributed by atoms with Crippen LogP contribution in [0.4, 0.5) is 0 Å². The van der Waals surface area contributed by atoms with Gasteiger partial charge in [-0.3, -0.25) is 4.79 Å². The van der Waals surface area contributed by atoms with Crippen molar-refractivity contribution in [2.24, 2.45) is 0 Å². The normalized spacial score (nSPS) is 12.5. The summed E-state index contributed by atoms with van der Waals surface area (Å²) in [6, 6.07) is 4.86. The summed E-state index contributed by atoms with van der Waals surface area (Å²) < 4.78 is 0.751. The van der Waals surface area contributed by atoms with Gasteiger partial charge in [-0.15, -0.1) is 11.6 Å². The van der Waals surface area contributed by atoms with Gasteiger partial charge in [0.1, 0.15) is 11.1 Å². The SMILES string of the molecule is CC(=O)C(Cl)c1ccc(Br)cc1O. The molecule has 1 unspecified atom stereocenters. The molecule has 0 fully saturated rings. The van der Waals surface area contributed by atoms with E-state index in [0.717, 1.165) is 4.47 Å². The third-order valence-corrected chi connectivity index (χ3v) is 2.66. The number of aromatic hydroxyl groups is 1. The zero-order chi connectivity index (χ0) is 10.0. The van der Waals surface area contributed by atoms with E-state index in [9.17, 15) is 9.90 Å². The molecule has 0 saturated carbocycles. The first-order valence-corrected chi connectivity index (χ1v) is 4.88. The van der Waals surface area contributed by atoms with E-state index in [0.29, 0.717) is 5.56 Å². The summed E-state index contributed by atoms with van der Waals surface area (Å²) in [4.78, 5) is 10.9. The van der Waals surface area contributed by atoms with Gasteiger partial charge in [0.05, 0.1) is 0 Å². The van der Waals surface area contributed by atoms with Crippen LogP contribution in [0, 0.1) is 0 Å². The second-order valence-electron chi connectivity index (χ2n) is 2.68. The number of phenolic OH excluding ortho intramolecular Hbond substituents is 1. The second kappa shape index (κ2) is 4.11. The van der Waals surface area contributed by atoms with Crippen molar-refractivity contribution in [2.45, 2.75) is 12.3 Å². The predicted molar refractivity (Wildman–Crippen MR) is 55.1 cm³/mol. The van der Waals surface area contributed by atoms with Crippen LogP contribution in [0.3, 0.4) is 0 Å². The summed E-state index contributed by atoms with van der Waals surface area (Å²) in [5.74, 6) is -0.149. The topological polar surface area (TPSA) is 37.3 Å². The average molecular weight is 264 g/mol. The lowest BCUT2D eigenvalue weighted by atomic mass is 10.1. The van der Waals surface area contributed by atoms with Gasteiger partial charge in [-0.2, -0.15) is 0 Å². The minimum Gasteiger partial charge on any atom is -0.508 e. The summed E-state index contributed by atoms with van der Waals surface area (Å²) in [6.07, 6.45) is 0. The van der Waals surface area contributed by atoms with Gasteiger partial charge in [-0.25, -0.2) is 0 Å². The molecule has 0 heterocycles. The molecule has 0 aliphatic rings. The molecule has 0 amide bonds. The monoisotopic (exact) mass is 262 g/mol. The van der Waals surface area contributed by atoms with Gasteiger partial charge in [-0.1, -0.05) is 22.0 Å². The molecule has 1 aromatic rings. The van der Waals surface area contributed by atoms with Crippen LogP contribution in [0.15, 0.2) is 22.7 Å². The van der Waals surface area contributed by atoms with Crippen LogP contribution in [-0.2, 0) is 4.79 Å². The van der Waals surface area contributed by atoms with Crippen molar-refractivity contribution in [2.75, 3.05) is 0 Å². The number of rotatable bonds is 2. The molecule has 0 bridgehead atoms. The molecule has 1 aromatic carbocycles. The standard InChI is InChI=1S/C9H8BrClO2/c1-5(12)9(11)7-3-2-6(10)4-8(7)13/h2-4,9,13H,1H3. The molecule has 0 spiro atoms. The zero-order valence-corrected chi connectivity index (χ0v) is 9.26. The Balaban J connectivity index is 3.08. The smallest absolute Gasteiger partial charge is 0.152 e.